The molecule has 0 aromatic heterocycles. The lowest BCUT2D eigenvalue weighted by Gasteiger charge is -2.31. The van der Waals surface area contributed by atoms with Crippen LogP contribution in [0.1, 0.15) is 36.9 Å². The largest absolute Gasteiger partial charge is 0.507 e. The van der Waals surface area contributed by atoms with Crippen LogP contribution < -0.4 is 4.74 Å². The number of carbonyl (C=O) groups excluding carboxylic acids is 2. The Bertz CT molecular complexity index is 1060. The topological polar surface area (TPSA) is 79.3 Å². The fraction of sp³-hybridized carbons (Fsp3) is 0.407. The molecule has 1 atom stereocenters. The number of nitrogens with zero attached hydrogens (tertiary/aromatic N) is 2. The number of morpholine rings is 1. The van der Waals surface area contributed by atoms with Crippen molar-refractivity contribution in [3.05, 3.63) is 70.3 Å². The summed E-state index contributed by atoms with van der Waals surface area (Å²) in [6, 6.07) is 13.3. The third-order valence-electron chi connectivity index (χ3n) is 6.38. The van der Waals surface area contributed by atoms with Crippen LogP contribution in [0.3, 0.4) is 0 Å². The van der Waals surface area contributed by atoms with Gasteiger partial charge in [0.25, 0.3) is 11.7 Å². The molecule has 4 rings (SSSR count). The Kier molecular flexibility index (Phi) is 8.44. The van der Waals surface area contributed by atoms with Gasteiger partial charge >= 0.3 is 0 Å². The van der Waals surface area contributed by atoms with Crippen LogP contribution >= 0.6 is 11.6 Å². The van der Waals surface area contributed by atoms with E-state index in [0.717, 1.165) is 37.2 Å². The Morgan fingerprint density at radius 3 is 2.40 bits per heavy atom. The second-order valence-electron chi connectivity index (χ2n) is 8.72. The number of halogens is 1. The summed E-state index contributed by atoms with van der Waals surface area (Å²) >= 11 is 6.00. The van der Waals surface area contributed by atoms with Crippen molar-refractivity contribution >= 4 is 29.1 Å². The zero-order valence-electron chi connectivity index (χ0n) is 19.9. The Morgan fingerprint density at radius 2 is 1.74 bits per heavy atom. The van der Waals surface area contributed by atoms with Crippen molar-refractivity contribution in [3.63, 3.8) is 0 Å². The fourth-order valence-corrected chi connectivity index (χ4v) is 4.50. The normalized spacial score (nSPS) is 20.4. The summed E-state index contributed by atoms with van der Waals surface area (Å²) in [4.78, 5) is 30.1. The number of benzene rings is 2. The highest BCUT2D eigenvalue weighted by Gasteiger charge is 2.46. The number of likely N-dealkylation sites (tertiary alicyclic amines) is 1. The molecule has 0 radical (unpaired) electrons. The monoisotopic (exact) mass is 498 g/mol. The SMILES string of the molecule is CCCCOc1ccc(C2C(=C(O)c3ccc(Cl)cc3)C(=O)C(=O)N2CCN2CCOCC2)cc1. The minimum Gasteiger partial charge on any atom is -0.507 e. The number of hydrogen-bond donors (Lipinski definition) is 1. The molecule has 0 bridgehead atoms. The van der Waals surface area contributed by atoms with Crippen LogP contribution in [0.4, 0.5) is 0 Å². The maximum absolute atomic E-state index is 13.2. The number of ether oxygens (including phenoxy) is 2. The molecule has 0 aliphatic carbocycles. The Balaban J connectivity index is 1.67. The Hall–Kier alpha value is -2.87. The first-order valence-electron chi connectivity index (χ1n) is 12.1. The average Bonchev–Trinajstić information content (AvgIpc) is 3.13. The van der Waals surface area contributed by atoms with Gasteiger partial charge in [-0.3, -0.25) is 14.5 Å². The van der Waals surface area contributed by atoms with Crippen LogP contribution in [0, 0.1) is 0 Å². The molecule has 2 aromatic carbocycles. The van der Waals surface area contributed by atoms with Crippen LogP contribution in [-0.2, 0) is 14.3 Å². The molecule has 35 heavy (non-hydrogen) atoms. The molecule has 2 fully saturated rings. The van der Waals surface area contributed by atoms with E-state index < -0.39 is 17.7 Å². The van der Waals surface area contributed by atoms with Gasteiger partial charge < -0.3 is 19.5 Å². The fourth-order valence-electron chi connectivity index (χ4n) is 4.38. The Labute approximate surface area is 210 Å². The van der Waals surface area contributed by atoms with Gasteiger partial charge in [-0.05, 0) is 48.4 Å². The molecule has 2 aliphatic rings. The van der Waals surface area contributed by atoms with Gasteiger partial charge in [0.1, 0.15) is 11.5 Å². The molecule has 2 aromatic rings. The summed E-state index contributed by atoms with van der Waals surface area (Å²) in [6.07, 6.45) is 2.01. The maximum Gasteiger partial charge on any atom is 0.295 e. The highest BCUT2D eigenvalue weighted by atomic mass is 35.5. The standard InChI is InChI=1S/C27H31ClN2O5/c1-2-3-16-35-22-10-6-19(7-11-22)24-23(25(31)20-4-8-21(28)9-5-20)26(32)27(33)30(24)13-12-29-14-17-34-18-15-29/h4-11,24,31H,2-3,12-18H2,1H3. The van der Waals surface area contributed by atoms with Gasteiger partial charge in [0.15, 0.2) is 0 Å². The van der Waals surface area contributed by atoms with E-state index in [1.165, 1.54) is 0 Å². The first-order valence-corrected chi connectivity index (χ1v) is 12.4. The van der Waals surface area contributed by atoms with Crippen LogP contribution in [0.15, 0.2) is 54.1 Å². The number of aliphatic hydroxyl groups is 1. The minimum atomic E-state index is -0.698. The maximum atomic E-state index is 13.2. The average molecular weight is 499 g/mol. The lowest BCUT2D eigenvalue weighted by Crippen LogP contribution is -2.42. The van der Waals surface area contributed by atoms with Crippen LogP contribution in [0.25, 0.3) is 5.76 Å². The van der Waals surface area contributed by atoms with Gasteiger partial charge in [0.2, 0.25) is 0 Å². The van der Waals surface area contributed by atoms with Crippen LogP contribution in [0.5, 0.6) is 5.75 Å². The minimum absolute atomic E-state index is 0.0824. The number of carbonyl (C=O) groups is 2. The van der Waals surface area contributed by atoms with Gasteiger partial charge in [0, 0.05) is 36.8 Å². The van der Waals surface area contributed by atoms with Crippen molar-refractivity contribution in [3.8, 4) is 5.75 Å². The summed E-state index contributed by atoms with van der Waals surface area (Å²) in [5, 5.41) is 11.7. The quantitative estimate of drug-likeness (QED) is 0.241. The zero-order chi connectivity index (χ0) is 24.8. The van der Waals surface area contributed by atoms with E-state index in [-0.39, 0.29) is 11.3 Å². The van der Waals surface area contributed by atoms with Crippen molar-refractivity contribution in [2.24, 2.45) is 0 Å². The number of rotatable bonds is 9. The van der Waals surface area contributed by atoms with E-state index in [1.807, 2.05) is 24.3 Å². The molecular formula is C27H31ClN2O5. The van der Waals surface area contributed by atoms with Crippen molar-refractivity contribution in [1.82, 2.24) is 9.80 Å². The van der Waals surface area contributed by atoms with Gasteiger partial charge in [-0.15, -0.1) is 0 Å². The number of ketones is 1. The molecule has 186 valence electrons. The molecule has 0 spiro atoms. The molecule has 0 saturated carbocycles. The summed E-state index contributed by atoms with van der Waals surface area (Å²) in [6.45, 7) is 6.58. The second kappa shape index (κ2) is 11.7. The summed E-state index contributed by atoms with van der Waals surface area (Å²) in [7, 11) is 0. The van der Waals surface area contributed by atoms with Gasteiger partial charge in [-0.1, -0.05) is 37.1 Å². The lowest BCUT2D eigenvalue weighted by atomic mass is 9.95. The number of aliphatic hydroxyl groups excluding tert-OH is 1. The van der Waals surface area contributed by atoms with E-state index in [4.69, 9.17) is 21.1 Å². The first-order chi connectivity index (χ1) is 17.0. The molecule has 2 aliphatic heterocycles. The van der Waals surface area contributed by atoms with E-state index in [9.17, 15) is 14.7 Å². The van der Waals surface area contributed by atoms with Crippen LogP contribution in [-0.4, -0.2) is 72.6 Å². The van der Waals surface area contributed by atoms with Gasteiger partial charge in [-0.25, -0.2) is 0 Å². The van der Waals surface area contributed by atoms with Crippen molar-refractivity contribution < 1.29 is 24.2 Å². The number of amides is 1. The predicted octanol–water partition coefficient (Wildman–Crippen LogP) is 4.27. The lowest BCUT2D eigenvalue weighted by molar-refractivity contribution is -0.140. The van der Waals surface area contributed by atoms with E-state index in [2.05, 4.69) is 11.8 Å². The van der Waals surface area contributed by atoms with Crippen molar-refractivity contribution in [1.29, 1.82) is 0 Å². The van der Waals surface area contributed by atoms with Gasteiger partial charge in [0.05, 0.1) is 31.4 Å². The molecule has 2 heterocycles. The molecular weight excluding hydrogens is 468 g/mol. The van der Waals surface area contributed by atoms with E-state index in [1.54, 1.807) is 29.2 Å². The zero-order valence-corrected chi connectivity index (χ0v) is 20.7. The highest BCUT2D eigenvalue weighted by molar-refractivity contribution is 6.46. The summed E-state index contributed by atoms with van der Waals surface area (Å²) in [5.74, 6) is -0.776. The van der Waals surface area contributed by atoms with Gasteiger partial charge in [-0.2, -0.15) is 0 Å². The predicted molar refractivity (Wildman–Crippen MR) is 135 cm³/mol. The molecule has 1 amide bonds. The Morgan fingerprint density at radius 1 is 1.06 bits per heavy atom. The number of hydrogen-bond acceptors (Lipinski definition) is 6. The highest BCUT2D eigenvalue weighted by Crippen LogP contribution is 2.39. The van der Waals surface area contributed by atoms with Crippen LogP contribution in [0.2, 0.25) is 5.02 Å². The molecule has 2 saturated heterocycles. The first kappa shape index (κ1) is 25.2. The number of Topliss-reactive ketones (excluding diaryl/α,β-unsaturated/α-hetero) is 1. The van der Waals surface area contributed by atoms with E-state index in [0.29, 0.717) is 43.5 Å². The number of unbranched alkanes of at least 4 members (excludes halogenated alkanes) is 1. The van der Waals surface area contributed by atoms with E-state index >= 15 is 0 Å². The molecule has 7 nitrogen and oxygen atoms in total. The third-order valence-corrected chi connectivity index (χ3v) is 6.63. The van der Waals surface area contributed by atoms with Crippen molar-refractivity contribution in [2.75, 3.05) is 46.0 Å². The summed E-state index contributed by atoms with van der Waals surface area (Å²) in [5.41, 5.74) is 1.26. The van der Waals surface area contributed by atoms with Crippen molar-refractivity contribution in [2.45, 2.75) is 25.8 Å². The smallest absolute Gasteiger partial charge is 0.295 e. The molecule has 8 heteroatoms. The summed E-state index contributed by atoms with van der Waals surface area (Å²) < 4.78 is 11.2. The third kappa shape index (κ3) is 5.86. The molecule has 1 N–H and O–H groups in total. The second-order valence-corrected chi connectivity index (χ2v) is 9.16. The molecule has 1 unspecified atom stereocenters.